The minimum Gasteiger partial charge on any atom is -0.445 e. The average molecular weight is 576 g/mol. The Labute approximate surface area is 244 Å². The molecule has 0 aliphatic carbocycles. The van der Waals surface area contributed by atoms with Crippen molar-refractivity contribution in [2.75, 3.05) is 62.8 Å². The van der Waals surface area contributed by atoms with Gasteiger partial charge in [-0.25, -0.2) is 19.7 Å². The van der Waals surface area contributed by atoms with Crippen LogP contribution in [0.1, 0.15) is 25.1 Å². The molecule has 42 heavy (non-hydrogen) atoms. The van der Waals surface area contributed by atoms with Gasteiger partial charge in [-0.15, -0.1) is 0 Å². The topological polar surface area (TPSA) is 133 Å². The number of hydrogen-bond acceptors (Lipinski definition) is 11. The van der Waals surface area contributed by atoms with Crippen molar-refractivity contribution < 1.29 is 19.0 Å². The van der Waals surface area contributed by atoms with Crippen molar-refractivity contribution in [3.63, 3.8) is 0 Å². The summed E-state index contributed by atoms with van der Waals surface area (Å²) in [6, 6.07) is 11.5. The number of anilines is 3. The number of fused-ring (bicyclic) bond motifs is 1. The Hall–Kier alpha value is -4.36. The van der Waals surface area contributed by atoms with Crippen molar-refractivity contribution in [1.29, 1.82) is 0 Å². The molecule has 1 N–H and O–H groups in total. The van der Waals surface area contributed by atoms with Crippen LogP contribution in [-0.2, 0) is 33.8 Å². The van der Waals surface area contributed by atoms with Gasteiger partial charge in [0.05, 0.1) is 25.5 Å². The molecule has 13 nitrogen and oxygen atoms in total. The summed E-state index contributed by atoms with van der Waals surface area (Å²) in [6.07, 6.45) is 3.44. The van der Waals surface area contributed by atoms with Crippen LogP contribution < -0.4 is 10.2 Å². The summed E-state index contributed by atoms with van der Waals surface area (Å²) in [5, 5.41) is 8.25. The second kappa shape index (κ2) is 14.5. The molecule has 0 saturated carbocycles. The average Bonchev–Trinajstić information content (AvgIpc) is 3.38. The lowest BCUT2D eigenvalue weighted by Crippen LogP contribution is -2.49. The van der Waals surface area contributed by atoms with E-state index in [2.05, 4.69) is 20.2 Å². The van der Waals surface area contributed by atoms with Gasteiger partial charge in [-0.05, 0) is 25.5 Å². The predicted molar refractivity (Wildman–Crippen MR) is 158 cm³/mol. The first-order chi connectivity index (χ1) is 20.7. The molecule has 5 rings (SSSR count). The van der Waals surface area contributed by atoms with Crippen LogP contribution in [-0.4, -0.2) is 93.3 Å². The first-order valence-electron chi connectivity index (χ1n) is 14.3. The van der Waals surface area contributed by atoms with E-state index < -0.39 is 0 Å². The molecule has 3 aromatic heterocycles. The summed E-state index contributed by atoms with van der Waals surface area (Å²) in [4.78, 5) is 34.8. The van der Waals surface area contributed by atoms with E-state index in [4.69, 9.17) is 29.3 Å². The number of benzene rings is 1. The zero-order valence-electron chi connectivity index (χ0n) is 24.1. The minimum atomic E-state index is -0.324. The van der Waals surface area contributed by atoms with E-state index in [0.29, 0.717) is 83.2 Å². The third kappa shape index (κ3) is 7.28. The molecule has 1 aromatic carbocycles. The molecule has 0 bridgehead atoms. The van der Waals surface area contributed by atoms with Crippen LogP contribution in [0, 0.1) is 0 Å². The maximum Gasteiger partial charge on any atom is 0.410 e. The Morgan fingerprint density at radius 1 is 0.976 bits per heavy atom. The van der Waals surface area contributed by atoms with Gasteiger partial charge in [0.1, 0.15) is 29.8 Å². The number of aromatic nitrogens is 6. The molecule has 13 heteroatoms. The number of carbonyl (C=O) groups is 1. The standard InChI is InChI=1S/C29H37N9O4/c1-3-40-18-11-23-25-26(38(35-23)17-19-41-4-2)27(32-24-10-12-30-21-31-24)34-28(33-25)36-13-15-37(16-14-36)29(39)42-20-22-8-6-5-7-9-22/h5-10,12,21H,3-4,11,13-20H2,1-2H3,(H,30,31,32,33,34). The first kappa shape index (κ1) is 29.1. The van der Waals surface area contributed by atoms with E-state index in [-0.39, 0.29) is 12.7 Å². The van der Waals surface area contributed by atoms with Gasteiger partial charge in [0.25, 0.3) is 0 Å². The Bertz CT molecular complexity index is 1430. The summed E-state index contributed by atoms with van der Waals surface area (Å²) in [7, 11) is 0. The van der Waals surface area contributed by atoms with Gasteiger partial charge >= 0.3 is 6.09 Å². The maximum absolute atomic E-state index is 12.7. The van der Waals surface area contributed by atoms with E-state index in [0.717, 1.165) is 22.3 Å². The smallest absolute Gasteiger partial charge is 0.410 e. The fourth-order valence-corrected chi connectivity index (χ4v) is 4.68. The third-order valence-electron chi connectivity index (χ3n) is 6.84. The van der Waals surface area contributed by atoms with Crippen LogP contribution in [0.15, 0.2) is 48.9 Å². The highest BCUT2D eigenvalue weighted by atomic mass is 16.6. The molecule has 0 atom stereocenters. The van der Waals surface area contributed by atoms with Crippen LogP contribution in [0.3, 0.4) is 0 Å². The molecule has 1 saturated heterocycles. The molecule has 0 radical (unpaired) electrons. The summed E-state index contributed by atoms with van der Waals surface area (Å²) < 4.78 is 18.7. The lowest BCUT2D eigenvalue weighted by atomic mass is 10.2. The lowest BCUT2D eigenvalue weighted by Gasteiger charge is -2.34. The van der Waals surface area contributed by atoms with Gasteiger partial charge in [-0.3, -0.25) is 4.68 Å². The van der Waals surface area contributed by atoms with E-state index in [1.54, 1.807) is 17.2 Å². The minimum absolute atomic E-state index is 0.246. The zero-order valence-corrected chi connectivity index (χ0v) is 24.1. The zero-order chi connectivity index (χ0) is 29.1. The van der Waals surface area contributed by atoms with Gasteiger partial charge < -0.3 is 29.3 Å². The summed E-state index contributed by atoms with van der Waals surface area (Å²) >= 11 is 0. The van der Waals surface area contributed by atoms with Crippen LogP contribution in [0.4, 0.5) is 22.4 Å². The van der Waals surface area contributed by atoms with Crippen molar-refractivity contribution in [1.82, 2.24) is 34.6 Å². The molecule has 0 unspecified atom stereocenters. The number of piperazine rings is 1. The van der Waals surface area contributed by atoms with Crippen molar-refractivity contribution >= 4 is 34.7 Å². The highest BCUT2D eigenvalue weighted by molar-refractivity contribution is 5.90. The molecule has 1 amide bonds. The molecule has 222 valence electrons. The second-order valence-electron chi connectivity index (χ2n) is 9.62. The third-order valence-corrected chi connectivity index (χ3v) is 6.84. The molecule has 1 aliphatic rings. The summed E-state index contributed by atoms with van der Waals surface area (Å²) in [5.74, 6) is 1.75. The Morgan fingerprint density at radius 3 is 2.50 bits per heavy atom. The number of rotatable bonds is 13. The Kier molecular flexibility index (Phi) is 10.1. The van der Waals surface area contributed by atoms with Crippen molar-refractivity contribution in [2.24, 2.45) is 0 Å². The molecule has 1 fully saturated rings. The number of ether oxygens (including phenoxy) is 3. The van der Waals surface area contributed by atoms with Crippen molar-refractivity contribution in [3.8, 4) is 0 Å². The molecular weight excluding hydrogens is 538 g/mol. The number of carbonyl (C=O) groups excluding carboxylic acids is 1. The van der Waals surface area contributed by atoms with Crippen LogP contribution >= 0.6 is 0 Å². The van der Waals surface area contributed by atoms with E-state index >= 15 is 0 Å². The largest absolute Gasteiger partial charge is 0.445 e. The monoisotopic (exact) mass is 575 g/mol. The molecular formula is C29H37N9O4. The Balaban J connectivity index is 1.39. The molecule has 4 heterocycles. The lowest BCUT2D eigenvalue weighted by molar-refractivity contribution is 0.0941. The number of hydrogen-bond donors (Lipinski definition) is 1. The number of nitrogens with zero attached hydrogens (tertiary/aromatic N) is 8. The highest BCUT2D eigenvalue weighted by Crippen LogP contribution is 2.29. The summed E-state index contributed by atoms with van der Waals surface area (Å²) in [5.41, 5.74) is 3.30. The van der Waals surface area contributed by atoms with E-state index in [1.165, 1.54) is 6.33 Å². The molecule has 1 aliphatic heterocycles. The SMILES string of the molecule is CCOCCc1nn(CCOCC)c2c(Nc3ccncn3)nc(N3CCN(C(=O)OCc4ccccc4)CC3)nc12. The normalized spacial score (nSPS) is 13.5. The fraction of sp³-hybridized carbons (Fsp3) is 0.448. The number of amides is 1. The first-order valence-corrected chi connectivity index (χ1v) is 14.3. The van der Waals surface area contributed by atoms with E-state index in [1.807, 2.05) is 48.9 Å². The maximum atomic E-state index is 12.7. The van der Waals surface area contributed by atoms with Crippen molar-refractivity contribution in [3.05, 3.63) is 60.2 Å². The number of nitrogens with one attached hydrogen (secondary N) is 1. The predicted octanol–water partition coefficient (Wildman–Crippen LogP) is 3.43. The van der Waals surface area contributed by atoms with Gasteiger partial charge in [-0.1, -0.05) is 30.3 Å². The molecule has 0 spiro atoms. The van der Waals surface area contributed by atoms with E-state index in [9.17, 15) is 4.79 Å². The molecule has 4 aromatic rings. The fourth-order valence-electron chi connectivity index (χ4n) is 4.68. The van der Waals surface area contributed by atoms with Crippen LogP contribution in [0.25, 0.3) is 11.0 Å². The van der Waals surface area contributed by atoms with Gasteiger partial charge in [0.2, 0.25) is 5.95 Å². The summed E-state index contributed by atoms with van der Waals surface area (Å²) in [6.45, 7) is 9.13. The highest BCUT2D eigenvalue weighted by Gasteiger charge is 2.26. The Morgan fingerprint density at radius 2 is 1.76 bits per heavy atom. The van der Waals surface area contributed by atoms with Crippen LogP contribution in [0.2, 0.25) is 0 Å². The van der Waals surface area contributed by atoms with Gasteiger partial charge in [0, 0.05) is 52.0 Å². The van der Waals surface area contributed by atoms with Gasteiger partial charge in [0.15, 0.2) is 5.82 Å². The van der Waals surface area contributed by atoms with Gasteiger partial charge in [-0.2, -0.15) is 10.1 Å². The van der Waals surface area contributed by atoms with Crippen LogP contribution in [0.5, 0.6) is 0 Å². The second-order valence-corrected chi connectivity index (χ2v) is 9.62. The quantitative estimate of drug-likeness (QED) is 0.235. The van der Waals surface area contributed by atoms with Crippen molar-refractivity contribution in [2.45, 2.75) is 33.4 Å².